The Labute approximate surface area is 115 Å². The second-order valence-corrected chi connectivity index (χ2v) is 6.19. The van der Waals surface area contributed by atoms with E-state index in [0.717, 1.165) is 10.0 Å². The van der Waals surface area contributed by atoms with E-state index < -0.39 is 10.1 Å². The van der Waals surface area contributed by atoms with Crippen LogP contribution in [0.3, 0.4) is 0 Å². The SMILES string of the molecule is O=S(=O)(OCc1ccccc1)c1ccc(Br)cc1. The van der Waals surface area contributed by atoms with Crippen molar-refractivity contribution in [3.63, 3.8) is 0 Å². The van der Waals surface area contributed by atoms with E-state index in [9.17, 15) is 8.42 Å². The zero-order chi connectivity index (χ0) is 13.0. The molecular formula is C13H11BrO3S. The van der Waals surface area contributed by atoms with Crippen LogP contribution in [0, 0.1) is 0 Å². The van der Waals surface area contributed by atoms with Crippen LogP contribution >= 0.6 is 15.9 Å². The molecule has 0 heterocycles. The molecule has 0 atom stereocenters. The molecule has 0 saturated heterocycles. The third kappa shape index (κ3) is 3.41. The molecule has 0 aliphatic heterocycles. The van der Waals surface area contributed by atoms with Crippen molar-refractivity contribution in [1.82, 2.24) is 0 Å². The van der Waals surface area contributed by atoms with Crippen LogP contribution in [0.4, 0.5) is 0 Å². The predicted octanol–water partition coefficient (Wildman–Crippen LogP) is 3.35. The van der Waals surface area contributed by atoms with Gasteiger partial charge in [0.2, 0.25) is 0 Å². The van der Waals surface area contributed by atoms with Crippen molar-refractivity contribution in [2.24, 2.45) is 0 Å². The number of halogens is 1. The van der Waals surface area contributed by atoms with Crippen molar-refractivity contribution in [3.8, 4) is 0 Å². The second-order valence-electron chi connectivity index (χ2n) is 3.66. The summed E-state index contributed by atoms with van der Waals surface area (Å²) in [7, 11) is -3.70. The maximum atomic E-state index is 11.9. The third-order valence-electron chi connectivity index (χ3n) is 2.33. The monoisotopic (exact) mass is 326 g/mol. The van der Waals surface area contributed by atoms with Gasteiger partial charge in [0, 0.05) is 4.47 Å². The Morgan fingerprint density at radius 2 is 1.56 bits per heavy atom. The van der Waals surface area contributed by atoms with Crippen LogP contribution in [0.15, 0.2) is 64.0 Å². The van der Waals surface area contributed by atoms with Crippen molar-refractivity contribution >= 4 is 26.0 Å². The molecule has 2 aromatic rings. The first-order valence-electron chi connectivity index (χ1n) is 5.27. The first-order valence-corrected chi connectivity index (χ1v) is 7.47. The molecule has 94 valence electrons. The summed E-state index contributed by atoms with van der Waals surface area (Å²) in [6.07, 6.45) is 0. The zero-order valence-electron chi connectivity index (χ0n) is 9.41. The van der Waals surface area contributed by atoms with Crippen LogP contribution in [-0.2, 0) is 20.9 Å². The summed E-state index contributed by atoms with van der Waals surface area (Å²) in [5, 5.41) is 0. The molecule has 0 aliphatic rings. The van der Waals surface area contributed by atoms with Gasteiger partial charge in [-0.05, 0) is 29.8 Å². The first kappa shape index (κ1) is 13.3. The lowest BCUT2D eigenvalue weighted by atomic mass is 10.2. The number of rotatable bonds is 4. The number of hydrogen-bond donors (Lipinski definition) is 0. The van der Waals surface area contributed by atoms with Gasteiger partial charge in [0.05, 0.1) is 11.5 Å². The smallest absolute Gasteiger partial charge is 0.262 e. The summed E-state index contributed by atoms with van der Waals surface area (Å²) >= 11 is 3.25. The van der Waals surface area contributed by atoms with Crippen LogP contribution in [0.1, 0.15) is 5.56 Å². The Hall–Kier alpha value is -1.17. The lowest BCUT2D eigenvalue weighted by Gasteiger charge is -2.05. The van der Waals surface area contributed by atoms with Crippen molar-refractivity contribution in [2.45, 2.75) is 11.5 Å². The Kier molecular flexibility index (Phi) is 4.16. The van der Waals surface area contributed by atoms with Gasteiger partial charge in [-0.25, -0.2) is 0 Å². The van der Waals surface area contributed by atoms with E-state index in [1.54, 1.807) is 12.1 Å². The maximum absolute atomic E-state index is 11.9. The van der Waals surface area contributed by atoms with E-state index in [1.807, 2.05) is 30.3 Å². The van der Waals surface area contributed by atoms with Gasteiger partial charge >= 0.3 is 0 Å². The van der Waals surface area contributed by atoms with E-state index in [4.69, 9.17) is 4.18 Å². The Bertz CT molecular complexity index is 606. The van der Waals surface area contributed by atoms with Crippen molar-refractivity contribution in [1.29, 1.82) is 0 Å². The average Bonchev–Trinajstić information content (AvgIpc) is 2.38. The maximum Gasteiger partial charge on any atom is 0.297 e. The molecule has 18 heavy (non-hydrogen) atoms. The lowest BCUT2D eigenvalue weighted by molar-refractivity contribution is 0.308. The minimum atomic E-state index is -3.70. The molecular weight excluding hydrogens is 316 g/mol. The minimum absolute atomic E-state index is 0.0409. The van der Waals surface area contributed by atoms with Crippen molar-refractivity contribution < 1.29 is 12.6 Å². The normalized spacial score (nSPS) is 11.4. The van der Waals surface area contributed by atoms with Crippen LogP contribution < -0.4 is 0 Å². The van der Waals surface area contributed by atoms with E-state index in [-0.39, 0.29) is 11.5 Å². The molecule has 0 aliphatic carbocycles. The number of hydrogen-bond acceptors (Lipinski definition) is 3. The topological polar surface area (TPSA) is 43.4 Å². The van der Waals surface area contributed by atoms with Crippen molar-refractivity contribution in [2.75, 3.05) is 0 Å². The minimum Gasteiger partial charge on any atom is -0.262 e. The molecule has 0 unspecified atom stereocenters. The summed E-state index contributed by atoms with van der Waals surface area (Å²) in [6, 6.07) is 15.5. The fraction of sp³-hybridized carbons (Fsp3) is 0.0769. The summed E-state index contributed by atoms with van der Waals surface area (Å²) in [6.45, 7) is 0.0409. The fourth-order valence-corrected chi connectivity index (χ4v) is 2.55. The molecule has 0 bridgehead atoms. The molecule has 0 spiro atoms. The molecule has 3 nitrogen and oxygen atoms in total. The molecule has 0 N–H and O–H groups in total. The van der Waals surface area contributed by atoms with Gasteiger partial charge in [-0.2, -0.15) is 8.42 Å². The Balaban J connectivity index is 2.11. The average molecular weight is 327 g/mol. The molecule has 0 fully saturated rings. The highest BCUT2D eigenvalue weighted by Gasteiger charge is 2.14. The zero-order valence-corrected chi connectivity index (χ0v) is 11.8. The van der Waals surface area contributed by atoms with Gasteiger partial charge in [0.25, 0.3) is 10.1 Å². The van der Waals surface area contributed by atoms with Crippen LogP contribution in [0.5, 0.6) is 0 Å². The van der Waals surface area contributed by atoms with Gasteiger partial charge in [-0.1, -0.05) is 46.3 Å². The summed E-state index contributed by atoms with van der Waals surface area (Å²) in [5.41, 5.74) is 0.818. The van der Waals surface area contributed by atoms with Gasteiger partial charge in [-0.3, -0.25) is 4.18 Å². The van der Waals surface area contributed by atoms with Gasteiger partial charge in [0.15, 0.2) is 0 Å². The van der Waals surface area contributed by atoms with Crippen LogP contribution in [0.25, 0.3) is 0 Å². The van der Waals surface area contributed by atoms with E-state index in [0.29, 0.717) is 0 Å². The fourth-order valence-electron chi connectivity index (χ4n) is 1.39. The van der Waals surface area contributed by atoms with Gasteiger partial charge in [0.1, 0.15) is 0 Å². The standard InChI is InChI=1S/C13H11BrO3S/c14-12-6-8-13(9-7-12)18(15,16)17-10-11-4-2-1-3-5-11/h1-9H,10H2. The Morgan fingerprint density at radius 1 is 0.944 bits per heavy atom. The highest BCUT2D eigenvalue weighted by molar-refractivity contribution is 9.10. The predicted molar refractivity (Wildman–Crippen MR) is 72.6 cm³/mol. The molecule has 0 saturated carbocycles. The highest BCUT2D eigenvalue weighted by Crippen LogP contribution is 2.17. The van der Waals surface area contributed by atoms with E-state index in [2.05, 4.69) is 15.9 Å². The first-order chi connectivity index (χ1) is 8.58. The summed E-state index contributed by atoms with van der Waals surface area (Å²) in [4.78, 5) is 0.154. The molecule has 0 amide bonds. The Morgan fingerprint density at radius 3 is 2.17 bits per heavy atom. The molecule has 0 aromatic heterocycles. The molecule has 0 radical (unpaired) electrons. The third-order valence-corrected chi connectivity index (χ3v) is 4.13. The highest BCUT2D eigenvalue weighted by atomic mass is 79.9. The molecule has 2 aromatic carbocycles. The summed E-state index contributed by atoms with van der Waals surface area (Å²) < 4.78 is 29.6. The molecule has 5 heteroatoms. The van der Waals surface area contributed by atoms with E-state index >= 15 is 0 Å². The largest absolute Gasteiger partial charge is 0.297 e. The quantitative estimate of drug-likeness (QED) is 0.809. The van der Waals surface area contributed by atoms with Crippen LogP contribution in [-0.4, -0.2) is 8.42 Å². The number of benzene rings is 2. The van der Waals surface area contributed by atoms with Gasteiger partial charge in [-0.15, -0.1) is 0 Å². The lowest BCUT2D eigenvalue weighted by Crippen LogP contribution is -2.06. The second kappa shape index (κ2) is 5.65. The van der Waals surface area contributed by atoms with Crippen LogP contribution in [0.2, 0.25) is 0 Å². The summed E-state index contributed by atoms with van der Waals surface area (Å²) in [5.74, 6) is 0. The van der Waals surface area contributed by atoms with E-state index in [1.165, 1.54) is 12.1 Å². The van der Waals surface area contributed by atoms with Crippen molar-refractivity contribution in [3.05, 3.63) is 64.6 Å². The molecule has 2 rings (SSSR count). The van der Waals surface area contributed by atoms with Gasteiger partial charge < -0.3 is 0 Å².